The Balaban J connectivity index is 2.13. The first-order chi connectivity index (χ1) is 9.08. The average molecular weight is 273 g/mol. The second-order valence-electron chi connectivity index (χ2n) is 5.45. The third-order valence-electron chi connectivity index (χ3n) is 3.54. The summed E-state index contributed by atoms with van der Waals surface area (Å²) in [5.41, 5.74) is 5.38. The lowest BCUT2D eigenvalue weighted by molar-refractivity contribution is -0.152. The summed E-state index contributed by atoms with van der Waals surface area (Å²) in [6.07, 6.45) is 4.32. The normalized spacial score (nSPS) is 27.2. The molecule has 19 heavy (non-hydrogen) atoms. The van der Waals surface area contributed by atoms with E-state index in [-0.39, 0.29) is 5.97 Å². The van der Waals surface area contributed by atoms with E-state index in [2.05, 4.69) is 6.92 Å². The fourth-order valence-electron chi connectivity index (χ4n) is 2.49. The first kappa shape index (κ1) is 16.4. The number of nitrogens with two attached hydrogens (primary N) is 1. The number of esters is 1. The van der Waals surface area contributed by atoms with E-state index in [0.717, 1.165) is 25.7 Å². The van der Waals surface area contributed by atoms with Crippen molar-refractivity contribution in [2.75, 3.05) is 33.5 Å². The van der Waals surface area contributed by atoms with E-state index in [4.69, 9.17) is 19.9 Å². The molecule has 1 aliphatic rings. The highest BCUT2D eigenvalue weighted by Gasteiger charge is 2.39. The molecule has 0 spiro atoms. The molecule has 1 saturated carbocycles. The van der Waals surface area contributed by atoms with Crippen molar-refractivity contribution in [1.82, 2.24) is 0 Å². The van der Waals surface area contributed by atoms with Crippen LogP contribution in [0, 0.1) is 5.92 Å². The van der Waals surface area contributed by atoms with Crippen LogP contribution >= 0.6 is 0 Å². The third-order valence-corrected chi connectivity index (χ3v) is 3.54. The molecule has 0 bridgehead atoms. The predicted molar refractivity (Wildman–Crippen MR) is 72.8 cm³/mol. The van der Waals surface area contributed by atoms with Gasteiger partial charge in [0.05, 0.1) is 19.8 Å². The minimum absolute atomic E-state index is 0.254. The van der Waals surface area contributed by atoms with Crippen LogP contribution in [0.3, 0.4) is 0 Å². The molecular formula is C14H27NO4. The summed E-state index contributed by atoms with van der Waals surface area (Å²) in [4.78, 5) is 12.0. The second-order valence-corrected chi connectivity index (χ2v) is 5.45. The number of ether oxygens (including phenoxy) is 3. The maximum atomic E-state index is 12.0. The maximum Gasteiger partial charge on any atom is 0.326 e. The third kappa shape index (κ3) is 5.89. The molecule has 5 heteroatoms. The number of carbonyl (C=O) groups excluding carboxylic acids is 1. The van der Waals surface area contributed by atoms with E-state index in [9.17, 15) is 4.79 Å². The van der Waals surface area contributed by atoms with Gasteiger partial charge in [0.1, 0.15) is 5.54 Å². The number of carbonyl (C=O) groups is 1. The smallest absolute Gasteiger partial charge is 0.326 e. The molecule has 0 aromatic carbocycles. The number of hydrogen-bond donors (Lipinski definition) is 1. The SMILES string of the molecule is COCCOCCCOC(=O)C1(N)CCCC(C)C1. The summed E-state index contributed by atoms with van der Waals surface area (Å²) in [5, 5.41) is 0. The van der Waals surface area contributed by atoms with Gasteiger partial charge in [0, 0.05) is 20.1 Å². The molecule has 0 aromatic rings. The lowest BCUT2D eigenvalue weighted by Crippen LogP contribution is -2.52. The Morgan fingerprint density at radius 2 is 2.11 bits per heavy atom. The number of hydrogen-bond acceptors (Lipinski definition) is 5. The van der Waals surface area contributed by atoms with Crippen molar-refractivity contribution in [3.8, 4) is 0 Å². The highest BCUT2D eigenvalue weighted by Crippen LogP contribution is 2.31. The van der Waals surface area contributed by atoms with Crippen molar-refractivity contribution in [3.05, 3.63) is 0 Å². The van der Waals surface area contributed by atoms with Gasteiger partial charge in [0.25, 0.3) is 0 Å². The van der Waals surface area contributed by atoms with E-state index in [1.807, 2.05) is 0 Å². The summed E-state index contributed by atoms with van der Waals surface area (Å²) in [5.74, 6) is 0.250. The highest BCUT2D eigenvalue weighted by molar-refractivity contribution is 5.80. The molecule has 2 unspecified atom stereocenters. The van der Waals surface area contributed by atoms with E-state index in [1.54, 1.807) is 7.11 Å². The largest absolute Gasteiger partial charge is 0.464 e. The van der Waals surface area contributed by atoms with E-state index in [0.29, 0.717) is 38.8 Å². The summed E-state index contributed by atoms with van der Waals surface area (Å²) < 4.78 is 15.4. The first-order valence-electron chi connectivity index (χ1n) is 7.11. The molecule has 0 heterocycles. The summed E-state index contributed by atoms with van der Waals surface area (Å²) in [7, 11) is 1.64. The molecule has 2 N–H and O–H groups in total. The Morgan fingerprint density at radius 1 is 1.32 bits per heavy atom. The quantitative estimate of drug-likeness (QED) is 0.536. The van der Waals surface area contributed by atoms with E-state index >= 15 is 0 Å². The van der Waals surface area contributed by atoms with Crippen LogP contribution in [0.15, 0.2) is 0 Å². The van der Waals surface area contributed by atoms with Crippen molar-refractivity contribution in [2.45, 2.75) is 44.6 Å². The van der Waals surface area contributed by atoms with Crippen molar-refractivity contribution in [2.24, 2.45) is 11.7 Å². The lowest BCUT2D eigenvalue weighted by atomic mass is 9.77. The molecule has 0 saturated heterocycles. The monoisotopic (exact) mass is 273 g/mol. The van der Waals surface area contributed by atoms with Gasteiger partial charge in [-0.2, -0.15) is 0 Å². The molecule has 112 valence electrons. The van der Waals surface area contributed by atoms with Gasteiger partial charge >= 0.3 is 5.97 Å². The van der Waals surface area contributed by atoms with E-state index < -0.39 is 5.54 Å². The topological polar surface area (TPSA) is 70.8 Å². The maximum absolute atomic E-state index is 12.0. The van der Waals surface area contributed by atoms with Crippen molar-refractivity contribution < 1.29 is 19.0 Å². The first-order valence-corrected chi connectivity index (χ1v) is 7.11. The molecule has 1 fully saturated rings. The molecule has 0 amide bonds. The van der Waals surface area contributed by atoms with Crippen LogP contribution in [0.2, 0.25) is 0 Å². The molecule has 0 aliphatic heterocycles. The van der Waals surface area contributed by atoms with Crippen molar-refractivity contribution in [1.29, 1.82) is 0 Å². The fourth-order valence-corrected chi connectivity index (χ4v) is 2.49. The minimum Gasteiger partial charge on any atom is -0.464 e. The lowest BCUT2D eigenvalue weighted by Gasteiger charge is -2.34. The van der Waals surface area contributed by atoms with Gasteiger partial charge in [-0.25, -0.2) is 0 Å². The number of rotatable bonds is 8. The van der Waals surface area contributed by atoms with Crippen molar-refractivity contribution >= 4 is 5.97 Å². The van der Waals surface area contributed by atoms with Gasteiger partial charge in [-0.15, -0.1) is 0 Å². The fraction of sp³-hybridized carbons (Fsp3) is 0.929. The zero-order valence-electron chi connectivity index (χ0n) is 12.2. The van der Waals surface area contributed by atoms with Gasteiger partial charge in [0.2, 0.25) is 0 Å². The van der Waals surface area contributed by atoms with Gasteiger partial charge in [-0.1, -0.05) is 19.8 Å². The Morgan fingerprint density at radius 3 is 2.79 bits per heavy atom. The van der Waals surface area contributed by atoms with Gasteiger partial charge in [-0.05, 0) is 18.8 Å². The van der Waals surface area contributed by atoms with Gasteiger partial charge < -0.3 is 19.9 Å². The molecular weight excluding hydrogens is 246 g/mol. The van der Waals surface area contributed by atoms with Crippen LogP contribution in [0.4, 0.5) is 0 Å². The predicted octanol–water partition coefficient (Wildman–Crippen LogP) is 1.49. The van der Waals surface area contributed by atoms with E-state index in [1.165, 1.54) is 0 Å². The Labute approximate surface area is 115 Å². The van der Waals surface area contributed by atoms with Crippen LogP contribution in [-0.4, -0.2) is 45.0 Å². The zero-order valence-corrected chi connectivity index (χ0v) is 12.2. The van der Waals surface area contributed by atoms with Crippen LogP contribution in [-0.2, 0) is 19.0 Å². The molecule has 1 rings (SSSR count). The van der Waals surface area contributed by atoms with Crippen LogP contribution in [0.5, 0.6) is 0 Å². The van der Waals surface area contributed by atoms with Gasteiger partial charge in [-0.3, -0.25) is 4.79 Å². The standard InChI is InChI=1S/C14H27NO4/c1-12-5-3-6-14(15,11-12)13(16)19-8-4-7-18-10-9-17-2/h12H,3-11,15H2,1-2H3. The molecule has 0 aromatic heterocycles. The Hall–Kier alpha value is -0.650. The Bertz CT molecular complexity index is 272. The minimum atomic E-state index is -0.769. The molecule has 0 radical (unpaired) electrons. The average Bonchev–Trinajstić information content (AvgIpc) is 2.37. The zero-order chi connectivity index (χ0) is 14.1. The summed E-state index contributed by atoms with van der Waals surface area (Å²) >= 11 is 0. The second kappa shape index (κ2) is 8.51. The molecule has 2 atom stereocenters. The van der Waals surface area contributed by atoms with Gasteiger partial charge in [0.15, 0.2) is 0 Å². The van der Waals surface area contributed by atoms with Crippen molar-refractivity contribution in [3.63, 3.8) is 0 Å². The summed E-state index contributed by atoms with van der Waals surface area (Å²) in [6, 6.07) is 0. The summed E-state index contributed by atoms with van der Waals surface area (Å²) in [6.45, 7) is 4.24. The highest BCUT2D eigenvalue weighted by atomic mass is 16.5. The molecule has 1 aliphatic carbocycles. The Kier molecular flexibility index (Phi) is 7.34. The van der Waals surface area contributed by atoms with Crippen LogP contribution in [0.1, 0.15) is 39.0 Å². The van der Waals surface area contributed by atoms with Crippen LogP contribution in [0.25, 0.3) is 0 Å². The van der Waals surface area contributed by atoms with Crippen LogP contribution < -0.4 is 5.73 Å². The number of methoxy groups -OCH3 is 1. The molecule has 5 nitrogen and oxygen atoms in total.